The number of nitrogens with zero attached hydrogens (tertiary/aromatic N) is 2. The van der Waals surface area contributed by atoms with E-state index in [9.17, 15) is 13.2 Å². The minimum Gasteiger partial charge on any atom is -0.373 e. The van der Waals surface area contributed by atoms with Gasteiger partial charge in [0, 0.05) is 39.4 Å². The third-order valence-corrected chi connectivity index (χ3v) is 5.30. The molecule has 0 aliphatic heterocycles. The van der Waals surface area contributed by atoms with Crippen LogP contribution in [0.5, 0.6) is 0 Å². The van der Waals surface area contributed by atoms with Gasteiger partial charge in [0.2, 0.25) is 10.0 Å². The van der Waals surface area contributed by atoms with Crippen LogP contribution in [0.4, 0.5) is 10.5 Å². The van der Waals surface area contributed by atoms with Crippen LogP contribution in [0.3, 0.4) is 0 Å². The minimum atomic E-state index is -3.73. The van der Waals surface area contributed by atoms with Crippen LogP contribution in [0, 0.1) is 6.92 Å². The second kappa shape index (κ2) is 8.88. The number of hydrogen-bond acceptors (Lipinski definition) is 4. The topological polar surface area (TPSA) is 95.7 Å². The highest BCUT2D eigenvalue weighted by molar-refractivity contribution is 7.89. The van der Waals surface area contributed by atoms with Crippen LogP contribution in [0.15, 0.2) is 53.4 Å². The molecule has 0 radical (unpaired) electrons. The van der Waals surface area contributed by atoms with Crippen LogP contribution in [-0.4, -0.2) is 46.5 Å². The molecule has 0 bridgehead atoms. The van der Waals surface area contributed by atoms with Gasteiger partial charge in [-0.1, -0.05) is 24.3 Å². The maximum absolute atomic E-state index is 12.3. The van der Waals surface area contributed by atoms with Crippen molar-refractivity contribution in [3.63, 3.8) is 0 Å². The molecular weight excluding hydrogens is 364 g/mol. The lowest BCUT2D eigenvalue weighted by Crippen LogP contribution is -2.40. The van der Waals surface area contributed by atoms with E-state index in [-0.39, 0.29) is 10.9 Å². The van der Waals surface area contributed by atoms with Crippen LogP contribution >= 0.6 is 0 Å². The Morgan fingerprint density at radius 2 is 1.74 bits per heavy atom. The fourth-order valence-electron chi connectivity index (χ4n) is 2.56. The van der Waals surface area contributed by atoms with E-state index in [0.717, 1.165) is 16.8 Å². The van der Waals surface area contributed by atoms with E-state index in [4.69, 9.17) is 5.14 Å². The van der Waals surface area contributed by atoms with Crippen LogP contribution in [-0.2, 0) is 16.6 Å². The number of nitrogens with one attached hydrogen (secondary N) is 1. The van der Waals surface area contributed by atoms with E-state index < -0.39 is 10.0 Å². The molecule has 0 unspecified atom stereocenters. The first-order chi connectivity index (χ1) is 12.7. The van der Waals surface area contributed by atoms with Crippen molar-refractivity contribution in [2.45, 2.75) is 18.4 Å². The lowest BCUT2D eigenvalue weighted by Gasteiger charge is -2.24. The number of aryl methyl sites for hydroxylation is 1. The molecule has 146 valence electrons. The van der Waals surface area contributed by atoms with Gasteiger partial charge in [0.25, 0.3) is 0 Å². The lowest BCUT2D eigenvalue weighted by molar-refractivity contribution is 0.209. The second-order valence-electron chi connectivity index (χ2n) is 6.47. The quantitative estimate of drug-likeness (QED) is 0.755. The molecule has 8 heteroatoms. The zero-order chi connectivity index (χ0) is 20.0. The number of carbonyl (C=O) groups is 1. The van der Waals surface area contributed by atoms with Crippen molar-refractivity contribution in [1.29, 1.82) is 0 Å². The SMILES string of the molecule is Cc1cc(S(N)(=O)=O)ccc1CNC(=O)N(C)CCN(C)c1ccccc1. The summed E-state index contributed by atoms with van der Waals surface area (Å²) < 4.78 is 22.8. The number of carbonyl (C=O) groups excluding carboxylic acids is 1. The van der Waals surface area contributed by atoms with Gasteiger partial charge in [-0.2, -0.15) is 0 Å². The molecule has 0 heterocycles. The Hall–Kier alpha value is -2.58. The monoisotopic (exact) mass is 390 g/mol. The maximum Gasteiger partial charge on any atom is 0.317 e. The van der Waals surface area contributed by atoms with E-state index in [2.05, 4.69) is 10.2 Å². The number of likely N-dealkylation sites (N-methyl/N-ethyl adjacent to an activating group) is 2. The van der Waals surface area contributed by atoms with Gasteiger partial charge in [0.05, 0.1) is 4.90 Å². The summed E-state index contributed by atoms with van der Waals surface area (Å²) in [5.41, 5.74) is 2.69. The molecule has 0 aliphatic rings. The molecule has 0 aromatic heterocycles. The van der Waals surface area contributed by atoms with Crippen LogP contribution in [0.25, 0.3) is 0 Å². The number of para-hydroxylation sites is 1. The summed E-state index contributed by atoms with van der Waals surface area (Å²) >= 11 is 0. The molecule has 2 aromatic carbocycles. The Balaban J connectivity index is 1.86. The number of primary sulfonamides is 1. The van der Waals surface area contributed by atoms with Crippen molar-refractivity contribution < 1.29 is 13.2 Å². The molecule has 0 atom stereocenters. The number of amides is 2. The standard InChI is InChI=1S/C19H26N4O3S/c1-15-13-18(27(20,25)26)10-9-16(15)14-21-19(24)23(3)12-11-22(2)17-7-5-4-6-8-17/h4-10,13H,11-12,14H2,1-3H3,(H,21,24)(H2,20,25,26). The fourth-order valence-corrected chi connectivity index (χ4v) is 3.16. The zero-order valence-corrected chi connectivity index (χ0v) is 16.7. The molecule has 0 fully saturated rings. The smallest absolute Gasteiger partial charge is 0.317 e. The van der Waals surface area contributed by atoms with Crippen molar-refractivity contribution in [1.82, 2.24) is 10.2 Å². The summed E-state index contributed by atoms with van der Waals surface area (Å²) in [6.07, 6.45) is 0. The Morgan fingerprint density at radius 1 is 1.07 bits per heavy atom. The molecule has 0 saturated heterocycles. The lowest BCUT2D eigenvalue weighted by atomic mass is 10.1. The number of hydrogen-bond donors (Lipinski definition) is 2. The summed E-state index contributed by atoms with van der Waals surface area (Å²) in [6.45, 7) is 3.37. The highest BCUT2D eigenvalue weighted by atomic mass is 32.2. The van der Waals surface area contributed by atoms with Crippen LogP contribution in [0.1, 0.15) is 11.1 Å². The van der Waals surface area contributed by atoms with Gasteiger partial charge in [-0.25, -0.2) is 18.4 Å². The van der Waals surface area contributed by atoms with Gasteiger partial charge >= 0.3 is 6.03 Å². The Morgan fingerprint density at radius 3 is 2.33 bits per heavy atom. The molecule has 2 amide bonds. The van der Waals surface area contributed by atoms with E-state index in [0.29, 0.717) is 19.6 Å². The molecule has 0 spiro atoms. The largest absolute Gasteiger partial charge is 0.373 e. The normalized spacial score (nSPS) is 11.1. The van der Waals surface area contributed by atoms with Crippen LogP contribution < -0.4 is 15.4 Å². The van der Waals surface area contributed by atoms with Crippen molar-refractivity contribution >= 4 is 21.7 Å². The van der Waals surface area contributed by atoms with Crippen molar-refractivity contribution in [3.05, 3.63) is 59.7 Å². The summed E-state index contributed by atoms with van der Waals surface area (Å²) in [7, 11) is -0.000671. The Labute approximate surface area is 160 Å². The first-order valence-electron chi connectivity index (χ1n) is 8.56. The average molecular weight is 391 g/mol. The Bertz CT molecular complexity index is 885. The van der Waals surface area contributed by atoms with Crippen molar-refractivity contribution in [2.75, 3.05) is 32.1 Å². The second-order valence-corrected chi connectivity index (χ2v) is 8.03. The molecule has 7 nitrogen and oxygen atoms in total. The maximum atomic E-state index is 12.3. The van der Waals surface area contributed by atoms with E-state index in [1.165, 1.54) is 12.1 Å². The molecule has 0 aliphatic carbocycles. The number of benzene rings is 2. The predicted octanol–water partition coefficient (Wildman–Crippen LogP) is 1.92. The molecule has 27 heavy (non-hydrogen) atoms. The number of nitrogens with two attached hydrogens (primary N) is 1. The highest BCUT2D eigenvalue weighted by Gasteiger charge is 2.12. The van der Waals surface area contributed by atoms with Crippen LogP contribution in [0.2, 0.25) is 0 Å². The molecule has 3 N–H and O–H groups in total. The summed E-state index contributed by atoms with van der Waals surface area (Å²) in [4.78, 5) is 16.1. The predicted molar refractivity (Wildman–Crippen MR) is 107 cm³/mol. The van der Waals surface area contributed by atoms with Crippen molar-refractivity contribution in [3.8, 4) is 0 Å². The van der Waals surface area contributed by atoms with Crippen molar-refractivity contribution in [2.24, 2.45) is 5.14 Å². The van der Waals surface area contributed by atoms with Gasteiger partial charge in [-0.05, 0) is 42.3 Å². The fraction of sp³-hybridized carbons (Fsp3) is 0.316. The number of anilines is 1. The van der Waals surface area contributed by atoms with Gasteiger partial charge in [-0.3, -0.25) is 0 Å². The first kappa shape index (κ1) is 20.7. The molecular formula is C19H26N4O3S. The van der Waals surface area contributed by atoms with E-state index >= 15 is 0 Å². The number of urea groups is 1. The highest BCUT2D eigenvalue weighted by Crippen LogP contribution is 2.14. The molecule has 2 aromatic rings. The third kappa shape index (κ3) is 5.97. The summed E-state index contributed by atoms with van der Waals surface area (Å²) in [6, 6.07) is 14.4. The van der Waals surface area contributed by atoms with E-state index in [1.54, 1.807) is 24.9 Å². The number of sulfonamides is 1. The van der Waals surface area contributed by atoms with Gasteiger partial charge in [-0.15, -0.1) is 0 Å². The summed E-state index contributed by atoms with van der Waals surface area (Å²) in [5.74, 6) is 0. The van der Waals surface area contributed by atoms with Gasteiger partial charge in [0.15, 0.2) is 0 Å². The molecule has 2 rings (SSSR count). The Kier molecular flexibility index (Phi) is 6.81. The van der Waals surface area contributed by atoms with Gasteiger partial charge < -0.3 is 15.1 Å². The molecule has 0 saturated carbocycles. The third-order valence-electron chi connectivity index (χ3n) is 4.39. The zero-order valence-electron chi connectivity index (χ0n) is 15.8. The van der Waals surface area contributed by atoms with E-state index in [1.807, 2.05) is 37.4 Å². The first-order valence-corrected chi connectivity index (χ1v) is 10.1. The summed E-state index contributed by atoms with van der Waals surface area (Å²) in [5, 5.41) is 7.98. The van der Waals surface area contributed by atoms with Gasteiger partial charge in [0.1, 0.15) is 0 Å². The minimum absolute atomic E-state index is 0.0659. The average Bonchev–Trinajstić information content (AvgIpc) is 2.64. The number of rotatable bonds is 7.